The maximum Gasteiger partial charge on any atom is 0.191 e. The number of ether oxygens (including phenoxy) is 2. The van der Waals surface area contributed by atoms with E-state index in [1.807, 2.05) is 25.1 Å². The van der Waals surface area contributed by atoms with Gasteiger partial charge in [-0.05, 0) is 36.8 Å². The van der Waals surface area contributed by atoms with Crippen LogP contribution >= 0.6 is 0 Å². The summed E-state index contributed by atoms with van der Waals surface area (Å²) in [4.78, 5) is 8.74. The molecule has 1 aromatic carbocycles. The average Bonchev–Trinajstić information content (AvgIpc) is 2.70. The lowest BCUT2D eigenvalue weighted by Crippen LogP contribution is -2.39. The molecule has 0 amide bonds. The summed E-state index contributed by atoms with van der Waals surface area (Å²) in [5.41, 5.74) is 1.58. The van der Waals surface area contributed by atoms with Crippen molar-refractivity contribution >= 4 is 5.96 Å². The van der Waals surface area contributed by atoms with Crippen LogP contribution in [0.2, 0.25) is 0 Å². The first-order valence-electron chi connectivity index (χ1n) is 8.49. The molecule has 1 heterocycles. The highest BCUT2D eigenvalue weighted by molar-refractivity contribution is 5.79. The van der Waals surface area contributed by atoms with Crippen LogP contribution in [0.25, 0.3) is 0 Å². The molecule has 0 saturated heterocycles. The quantitative estimate of drug-likeness (QED) is 0.493. The van der Waals surface area contributed by atoms with Crippen molar-refractivity contribution in [2.45, 2.75) is 19.6 Å². The minimum atomic E-state index is -0.738. The second-order valence-corrected chi connectivity index (χ2v) is 5.56. The van der Waals surface area contributed by atoms with E-state index in [0.29, 0.717) is 36.1 Å². The standard InChI is InChI=1S/C19H26N4O3/c1-4-20-19(22-12-15-7-5-6-8-21-15)23-13-18(24)14-9-16(25-2)11-17(10-14)26-3/h5-11,18,24H,4,12-13H2,1-3H3,(H2,20,22,23). The number of hydrogen-bond donors (Lipinski definition) is 3. The minimum Gasteiger partial charge on any atom is -0.497 e. The van der Waals surface area contributed by atoms with Crippen molar-refractivity contribution in [3.8, 4) is 11.5 Å². The molecule has 0 aliphatic carbocycles. The van der Waals surface area contributed by atoms with Gasteiger partial charge in [-0.3, -0.25) is 4.98 Å². The first-order chi connectivity index (χ1) is 12.7. The largest absolute Gasteiger partial charge is 0.497 e. The number of hydrogen-bond acceptors (Lipinski definition) is 5. The van der Waals surface area contributed by atoms with Crippen molar-refractivity contribution in [1.82, 2.24) is 15.6 Å². The molecule has 0 bridgehead atoms. The Balaban J connectivity index is 2.01. The van der Waals surface area contributed by atoms with Gasteiger partial charge in [-0.15, -0.1) is 0 Å². The van der Waals surface area contributed by atoms with E-state index < -0.39 is 6.10 Å². The number of aliphatic hydroxyl groups is 1. The lowest BCUT2D eigenvalue weighted by atomic mass is 10.1. The van der Waals surface area contributed by atoms with Gasteiger partial charge in [-0.25, -0.2) is 4.99 Å². The second-order valence-electron chi connectivity index (χ2n) is 5.56. The molecule has 0 saturated carbocycles. The van der Waals surface area contributed by atoms with Crippen LogP contribution in [0.15, 0.2) is 47.6 Å². The van der Waals surface area contributed by atoms with Crippen molar-refractivity contribution in [3.63, 3.8) is 0 Å². The molecule has 7 heteroatoms. The summed E-state index contributed by atoms with van der Waals surface area (Å²) in [7, 11) is 3.16. The zero-order chi connectivity index (χ0) is 18.8. The van der Waals surface area contributed by atoms with Gasteiger partial charge in [0.1, 0.15) is 11.5 Å². The van der Waals surface area contributed by atoms with E-state index in [1.54, 1.807) is 38.6 Å². The zero-order valence-electron chi connectivity index (χ0n) is 15.4. The fourth-order valence-electron chi connectivity index (χ4n) is 2.33. The normalized spacial score (nSPS) is 12.4. The maximum absolute atomic E-state index is 10.5. The molecular weight excluding hydrogens is 332 g/mol. The van der Waals surface area contributed by atoms with Crippen molar-refractivity contribution < 1.29 is 14.6 Å². The Labute approximate surface area is 154 Å². The van der Waals surface area contributed by atoms with Gasteiger partial charge in [0.15, 0.2) is 5.96 Å². The predicted molar refractivity (Wildman–Crippen MR) is 102 cm³/mol. The van der Waals surface area contributed by atoms with Crippen LogP contribution < -0.4 is 20.1 Å². The Morgan fingerprint density at radius 1 is 1.15 bits per heavy atom. The van der Waals surface area contributed by atoms with Crippen molar-refractivity contribution in [2.75, 3.05) is 27.3 Å². The number of methoxy groups -OCH3 is 2. The summed E-state index contributed by atoms with van der Waals surface area (Å²) in [5, 5.41) is 16.8. The monoisotopic (exact) mass is 358 g/mol. The van der Waals surface area contributed by atoms with Crippen LogP contribution in [0.5, 0.6) is 11.5 Å². The van der Waals surface area contributed by atoms with E-state index in [1.165, 1.54) is 0 Å². The lowest BCUT2D eigenvalue weighted by molar-refractivity contribution is 0.180. The number of nitrogens with zero attached hydrogens (tertiary/aromatic N) is 2. The van der Waals surface area contributed by atoms with Crippen LogP contribution in [-0.4, -0.2) is 43.4 Å². The van der Waals surface area contributed by atoms with Crippen LogP contribution in [0, 0.1) is 0 Å². The topological polar surface area (TPSA) is 88.0 Å². The van der Waals surface area contributed by atoms with Gasteiger partial charge in [0.25, 0.3) is 0 Å². The molecule has 0 aliphatic heterocycles. The van der Waals surface area contributed by atoms with Crippen molar-refractivity contribution in [1.29, 1.82) is 0 Å². The van der Waals surface area contributed by atoms with Crippen LogP contribution in [0.4, 0.5) is 0 Å². The highest BCUT2D eigenvalue weighted by Gasteiger charge is 2.12. The summed E-state index contributed by atoms with van der Waals surface area (Å²) < 4.78 is 10.5. The highest BCUT2D eigenvalue weighted by Crippen LogP contribution is 2.26. The van der Waals surface area contributed by atoms with Crippen LogP contribution in [-0.2, 0) is 6.54 Å². The van der Waals surface area contributed by atoms with Crippen LogP contribution in [0.1, 0.15) is 24.3 Å². The van der Waals surface area contributed by atoms with Gasteiger partial charge in [0, 0.05) is 25.4 Å². The maximum atomic E-state index is 10.5. The van der Waals surface area contributed by atoms with E-state index in [0.717, 1.165) is 12.2 Å². The molecule has 0 radical (unpaired) electrons. The number of guanidine groups is 1. The Kier molecular flexibility index (Phi) is 7.70. The molecule has 3 N–H and O–H groups in total. The Hall–Kier alpha value is -2.80. The molecule has 0 fully saturated rings. The summed E-state index contributed by atoms with van der Waals surface area (Å²) in [6, 6.07) is 11.1. The fraction of sp³-hybridized carbons (Fsp3) is 0.368. The number of nitrogens with one attached hydrogen (secondary N) is 2. The van der Waals surface area contributed by atoms with Gasteiger partial charge in [-0.1, -0.05) is 6.07 Å². The highest BCUT2D eigenvalue weighted by atomic mass is 16.5. The summed E-state index contributed by atoms with van der Waals surface area (Å²) >= 11 is 0. The van der Waals surface area contributed by atoms with E-state index in [9.17, 15) is 5.11 Å². The zero-order valence-corrected chi connectivity index (χ0v) is 15.4. The SMILES string of the molecule is CCNC(=NCc1ccccn1)NCC(O)c1cc(OC)cc(OC)c1. The smallest absolute Gasteiger partial charge is 0.191 e. The Morgan fingerprint density at radius 3 is 2.46 bits per heavy atom. The molecule has 1 aromatic heterocycles. The van der Waals surface area contributed by atoms with Gasteiger partial charge >= 0.3 is 0 Å². The summed E-state index contributed by atoms with van der Waals surface area (Å²) in [5.74, 6) is 1.88. The van der Waals surface area contributed by atoms with Gasteiger partial charge in [-0.2, -0.15) is 0 Å². The number of aliphatic hydroxyl groups excluding tert-OH is 1. The molecular formula is C19H26N4O3. The molecule has 7 nitrogen and oxygen atoms in total. The summed E-state index contributed by atoms with van der Waals surface area (Å²) in [6.45, 7) is 3.46. The molecule has 1 unspecified atom stereocenters. The van der Waals surface area contributed by atoms with Gasteiger partial charge in [0.2, 0.25) is 0 Å². The first-order valence-corrected chi connectivity index (χ1v) is 8.49. The third-order valence-corrected chi connectivity index (χ3v) is 3.69. The number of benzene rings is 1. The van der Waals surface area contributed by atoms with E-state index in [-0.39, 0.29) is 0 Å². The van der Waals surface area contributed by atoms with E-state index in [4.69, 9.17) is 9.47 Å². The number of aliphatic imine (C=N–C) groups is 1. The third kappa shape index (κ3) is 5.93. The van der Waals surface area contributed by atoms with Gasteiger partial charge < -0.3 is 25.2 Å². The molecule has 2 aromatic rings. The van der Waals surface area contributed by atoms with Gasteiger partial charge in [0.05, 0.1) is 32.6 Å². The van der Waals surface area contributed by atoms with E-state index in [2.05, 4.69) is 20.6 Å². The molecule has 0 spiro atoms. The number of pyridine rings is 1. The molecule has 0 aliphatic rings. The van der Waals surface area contributed by atoms with E-state index >= 15 is 0 Å². The molecule has 140 valence electrons. The minimum absolute atomic E-state index is 0.296. The Bertz CT molecular complexity index is 685. The van der Waals surface area contributed by atoms with Crippen LogP contribution in [0.3, 0.4) is 0 Å². The van der Waals surface area contributed by atoms with Crippen molar-refractivity contribution in [3.05, 3.63) is 53.9 Å². The number of aromatic nitrogens is 1. The summed E-state index contributed by atoms with van der Waals surface area (Å²) in [6.07, 6.45) is 1.00. The first kappa shape index (κ1) is 19.5. The fourth-order valence-corrected chi connectivity index (χ4v) is 2.33. The second kappa shape index (κ2) is 10.2. The lowest BCUT2D eigenvalue weighted by Gasteiger charge is -2.17. The average molecular weight is 358 g/mol. The number of rotatable bonds is 8. The Morgan fingerprint density at radius 2 is 1.88 bits per heavy atom. The molecule has 26 heavy (non-hydrogen) atoms. The van der Waals surface area contributed by atoms with Crippen molar-refractivity contribution in [2.24, 2.45) is 4.99 Å². The third-order valence-electron chi connectivity index (χ3n) is 3.69. The predicted octanol–water partition coefficient (Wildman–Crippen LogP) is 1.89. The molecule has 1 atom stereocenters. The molecule has 2 rings (SSSR count).